The highest BCUT2D eigenvalue weighted by Gasteiger charge is 2.29. The molecule has 0 radical (unpaired) electrons. The van der Waals surface area contributed by atoms with Crippen molar-refractivity contribution in [2.24, 2.45) is 0 Å². The van der Waals surface area contributed by atoms with Gasteiger partial charge in [-0.25, -0.2) is 4.98 Å². The fraction of sp³-hybridized carbons (Fsp3) is 0.750. The van der Waals surface area contributed by atoms with Crippen molar-refractivity contribution in [2.45, 2.75) is 38.6 Å². The van der Waals surface area contributed by atoms with Gasteiger partial charge in [0.15, 0.2) is 5.13 Å². The van der Waals surface area contributed by atoms with Gasteiger partial charge in [0.1, 0.15) is 0 Å². The lowest BCUT2D eigenvalue weighted by Gasteiger charge is -2.38. The minimum Gasteiger partial charge on any atom is -0.346 e. The molecule has 1 atom stereocenters. The second-order valence-corrected chi connectivity index (χ2v) is 7.13. The van der Waals surface area contributed by atoms with Gasteiger partial charge in [-0.05, 0) is 19.8 Å². The van der Waals surface area contributed by atoms with Gasteiger partial charge in [0.2, 0.25) is 5.91 Å². The van der Waals surface area contributed by atoms with Crippen LogP contribution in [0.4, 0.5) is 5.13 Å². The van der Waals surface area contributed by atoms with Crippen molar-refractivity contribution in [3.63, 3.8) is 0 Å². The van der Waals surface area contributed by atoms with Gasteiger partial charge in [0, 0.05) is 50.8 Å². The van der Waals surface area contributed by atoms with Gasteiger partial charge in [0.05, 0.1) is 6.04 Å². The molecule has 122 valence electrons. The Morgan fingerprint density at radius 3 is 2.36 bits per heavy atom. The molecule has 2 fully saturated rings. The monoisotopic (exact) mass is 322 g/mol. The van der Waals surface area contributed by atoms with Crippen LogP contribution in [0, 0.1) is 0 Å². The molecule has 0 N–H and O–H groups in total. The summed E-state index contributed by atoms with van der Waals surface area (Å²) in [7, 11) is 0. The normalized spacial score (nSPS) is 22.4. The number of rotatable bonds is 3. The van der Waals surface area contributed by atoms with Crippen LogP contribution in [0.25, 0.3) is 0 Å². The van der Waals surface area contributed by atoms with Crippen LogP contribution in [-0.2, 0) is 4.79 Å². The summed E-state index contributed by atoms with van der Waals surface area (Å²) in [6, 6.07) is 0.0107. The Balaban J connectivity index is 1.52. The number of amides is 1. The molecule has 2 aliphatic heterocycles. The molecule has 0 saturated carbocycles. The van der Waals surface area contributed by atoms with Crippen molar-refractivity contribution in [1.82, 2.24) is 14.8 Å². The summed E-state index contributed by atoms with van der Waals surface area (Å²) in [5.74, 6) is 0.324. The predicted molar refractivity (Wildman–Crippen MR) is 90.4 cm³/mol. The number of thiazole rings is 1. The van der Waals surface area contributed by atoms with Gasteiger partial charge >= 0.3 is 0 Å². The van der Waals surface area contributed by atoms with E-state index in [0.717, 1.165) is 57.2 Å². The third kappa shape index (κ3) is 3.60. The van der Waals surface area contributed by atoms with Crippen molar-refractivity contribution in [2.75, 3.05) is 44.2 Å². The van der Waals surface area contributed by atoms with Crippen LogP contribution in [0.5, 0.6) is 0 Å². The Hall–Kier alpha value is -1.14. The highest BCUT2D eigenvalue weighted by atomic mass is 32.1. The molecule has 0 aromatic carbocycles. The summed E-state index contributed by atoms with van der Waals surface area (Å²) >= 11 is 1.69. The number of likely N-dealkylation sites (tertiary alicyclic amines) is 1. The van der Waals surface area contributed by atoms with Gasteiger partial charge in [-0.2, -0.15) is 0 Å². The Labute approximate surface area is 136 Å². The SMILES string of the molecule is C[C@H](C(=O)N1CCCCCC1)N1CCN(c2nccs2)CC1. The van der Waals surface area contributed by atoms with Gasteiger partial charge in [-0.1, -0.05) is 12.8 Å². The first kappa shape index (κ1) is 15.7. The van der Waals surface area contributed by atoms with Gasteiger partial charge in [-0.3, -0.25) is 9.69 Å². The van der Waals surface area contributed by atoms with Gasteiger partial charge in [0.25, 0.3) is 0 Å². The van der Waals surface area contributed by atoms with E-state index >= 15 is 0 Å². The second kappa shape index (κ2) is 7.42. The zero-order chi connectivity index (χ0) is 15.4. The van der Waals surface area contributed by atoms with Crippen LogP contribution >= 0.6 is 11.3 Å². The number of piperazine rings is 1. The molecular weight excluding hydrogens is 296 g/mol. The fourth-order valence-electron chi connectivity index (χ4n) is 3.38. The Bertz CT molecular complexity index is 463. The molecule has 3 rings (SSSR count). The smallest absolute Gasteiger partial charge is 0.239 e. The first-order valence-corrected chi connectivity index (χ1v) is 9.31. The molecule has 1 aromatic rings. The molecule has 6 heteroatoms. The maximum absolute atomic E-state index is 12.7. The van der Waals surface area contributed by atoms with Crippen molar-refractivity contribution >= 4 is 22.4 Å². The average molecular weight is 322 g/mol. The lowest BCUT2D eigenvalue weighted by molar-refractivity contribution is -0.136. The lowest BCUT2D eigenvalue weighted by atomic mass is 10.2. The minimum absolute atomic E-state index is 0.0107. The summed E-state index contributed by atoms with van der Waals surface area (Å²) in [6.07, 6.45) is 6.72. The molecule has 1 amide bonds. The maximum Gasteiger partial charge on any atom is 0.239 e. The number of hydrogen-bond acceptors (Lipinski definition) is 5. The van der Waals surface area contributed by atoms with Crippen molar-refractivity contribution < 1.29 is 4.79 Å². The zero-order valence-electron chi connectivity index (χ0n) is 13.4. The van der Waals surface area contributed by atoms with E-state index in [4.69, 9.17) is 0 Å². The first-order valence-electron chi connectivity index (χ1n) is 8.43. The first-order chi connectivity index (χ1) is 10.8. The highest BCUT2D eigenvalue weighted by Crippen LogP contribution is 2.20. The Morgan fingerprint density at radius 2 is 1.77 bits per heavy atom. The topological polar surface area (TPSA) is 39.7 Å². The van der Waals surface area contributed by atoms with E-state index < -0.39 is 0 Å². The summed E-state index contributed by atoms with van der Waals surface area (Å²) in [6.45, 7) is 7.79. The molecule has 0 bridgehead atoms. The maximum atomic E-state index is 12.7. The standard InChI is InChI=1S/C16H26N4OS/c1-14(15(21)19-7-4-2-3-5-8-19)18-9-11-20(12-10-18)16-17-6-13-22-16/h6,13-14H,2-5,7-12H2,1H3/t14-/m1/s1. The molecule has 1 aromatic heterocycles. The summed E-state index contributed by atoms with van der Waals surface area (Å²) in [5.41, 5.74) is 0. The Morgan fingerprint density at radius 1 is 1.09 bits per heavy atom. The van der Waals surface area contributed by atoms with Crippen LogP contribution < -0.4 is 4.90 Å². The third-order valence-electron chi connectivity index (χ3n) is 4.83. The van der Waals surface area contributed by atoms with E-state index in [0.29, 0.717) is 5.91 Å². The molecule has 3 heterocycles. The predicted octanol–water partition coefficient (Wildman–Crippen LogP) is 2.06. The molecule has 0 spiro atoms. The third-order valence-corrected chi connectivity index (χ3v) is 5.66. The molecule has 2 aliphatic rings. The van der Waals surface area contributed by atoms with E-state index in [-0.39, 0.29) is 6.04 Å². The number of aromatic nitrogens is 1. The van der Waals surface area contributed by atoms with Crippen LogP contribution in [0.2, 0.25) is 0 Å². The minimum atomic E-state index is 0.0107. The van der Waals surface area contributed by atoms with Crippen LogP contribution in [-0.4, -0.2) is 66.0 Å². The van der Waals surface area contributed by atoms with Gasteiger partial charge in [-0.15, -0.1) is 11.3 Å². The van der Waals surface area contributed by atoms with E-state index in [1.54, 1.807) is 11.3 Å². The number of nitrogens with zero attached hydrogens (tertiary/aromatic N) is 4. The zero-order valence-corrected chi connectivity index (χ0v) is 14.2. The van der Waals surface area contributed by atoms with Gasteiger partial charge < -0.3 is 9.80 Å². The molecular formula is C16H26N4OS. The van der Waals surface area contributed by atoms with Crippen molar-refractivity contribution in [1.29, 1.82) is 0 Å². The fourth-order valence-corrected chi connectivity index (χ4v) is 4.08. The van der Waals surface area contributed by atoms with Crippen LogP contribution in [0.3, 0.4) is 0 Å². The average Bonchev–Trinajstić information content (AvgIpc) is 2.96. The highest BCUT2D eigenvalue weighted by molar-refractivity contribution is 7.13. The molecule has 0 aliphatic carbocycles. The van der Waals surface area contributed by atoms with Crippen LogP contribution in [0.1, 0.15) is 32.6 Å². The largest absolute Gasteiger partial charge is 0.346 e. The number of carbonyl (C=O) groups is 1. The van der Waals surface area contributed by atoms with E-state index in [1.165, 1.54) is 12.8 Å². The second-order valence-electron chi connectivity index (χ2n) is 6.25. The van der Waals surface area contributed by atoms with Crippen molar-refractivity contribution in [3.05, 3.63) is 11.6 Å². The molecule has 0 unspecified atom stereocenters. The number of hydrogen-bond donors (Lipinski definition) is 0. The van der Waals surface area contributed by atoms with E-state index in [9.17, 15) is 4.79 Å². The number of carbonyl (C=O) groups excluding carboxylic acids is 1. The summed E-state index contributed by atoms with van der Waals surface area (Å²) in [5, 5.41) is 3.12. The van der Waals surface area contributed by atoms with Crippen LogP contribution in [0.15, 0.2) is 11.6 Å². The molecule has 5 nitrogen and oxygen atoms in total. The van der Waals surface area contributed by atoms with E-state index in [2.05, 4.69) is 26.6 Å². The van der Waals surface area contributed by atoms with Crippen molar-refractivity contribution in [3.8, 4) is 0 Å². The number of anilines is 1. The molecule has 22 heavy (non-hydrogen) atoms. The quantitative estimate of drug-likeness (QED) is 0.854. The Kier molecular flexibility index (Phi) is 5.31. The molecule has 2 saturated heterocycles. The summed E-state index contributed by atoms with van der Waals surface area (Å²) < 4.78 is 0. The van der Waals surface area contributed by atoms with E-state index in [1.807, 2.05) is 11.6 Å². The summed E-state index contributed by atoms with van der Waals surface area (Å²) in [4.78, 5) is 23.8. The lowest BCUT2D eigenvalue weighted by Crippen LogP contribution is -2.54.